The second-order valence-corrected chi connectivity index (χ2v) is 5.98. The van der Waals surface area contributed by atoms with Crippen molar-refractivity contribution in [2.75, 3.05) is 13.1 Å². The van der Waals surface area contributed by atoms with E-state index >= 15 is 0 Å². The molecule has 1 aromatic carbocycles. The molecule has 0 aliphatic carbocycles. The number of nitrogens with two attached hydrogens (primary N) is 1. The molecular formula is C17H23ClN2O2. The number of carbonyl (C=O) groups excluding carboxylic acids is 1. The fourth-order valence-corrected chi connectivity index (χ4v) is 3.19. The maximum absolute atomic E-state index is 12.3. The predicted octanol–water partition coefficient (Wildman–Crippen LogP) is 2.98. The van der Waals surface area contributed by atoms with Gasteiger partial charge in [0.15, 0.2) is 0 Å². The summed E-state index contributed by atoms with van der Waals surface area (Å²) < 4.78 is 5.76. The summed E-state index contributed by atoms with van der Waals surface area (Å²) in [4.78, 5) is 14.3. The molecule has 0 radical (unpaired) electrons. The molecule has 1 aromatic heterocycles. The summed E-state index contributed by atoms with van der Waals surface area (Å²) in [7, 11) is 0. The van der Waals surface area contributed by atoms with Crippen LogP contribution in [-0.4, -0.2) is 29.9 Å². The Labute approximate surface area is 137 Å². The molecule has 4 nitrogen and oxygen atoms in total. The Morgan fingerprint density at radius 1 is 1.41 bits per heavy atom. The average Bonchev–Trinajstić information content (AvgIpc) is 3.07. The van der Waals surface area contributed by atoms with Gasteiger partial charge in [0.25, 0.3) is 0 Å². The van der Waals surface area contributed by atoms with Crippen LogP contribution in [0, 0.1) is 5.92 Å². The van der Waals surface area contributed by atoms with E-state index in [-0.39, 0.29) is 18.3 Å². The number of carbonyl (C=O) groups is 1. The molecule has 0 spiro atoms. The van der Waals surface area contributed by atoms with Crippen LogP contribution < -0.4 is 5.73 Å². The van der Waals surface area contributed by atoms with Crippen LogP contribution in [0.15, 0.2) is 34.7 Å². The molecule has 2 aromatic rings. The van der Waals surface area contributed by atoms with Crippen molar-refractivity contribution in [1.82, 2.24) is 4.90 Å². The van der Waals surface area contributed by atoms with Crippen LogP contribution in [0.1, 0.15) is 25.5 Å². The lowest BCUT2D eigenvalue weighted by Crippen LogP contribution is -2.34. The molecule has 0 saturated carbocycles. The Hall–Kier alpha value is -1.52. The zero-order chi connectivity index (χ0) is 14.8. The lowest BCUT2D eigenvalue weighted by Gasteiger charge is -2.21. The second kappa shape index (κ2) is 7.16. The minimum absolute atomic E-state index is 0. The molecule has 2 heterocycles. The number of rotatable bonds is 4. The molecule has 1 amide bonds. The molecule has 0 bridgehead atoms. The average molecular weight is 323 g/mol. The molecular weight excluding hydrogens is 300 g/mol. The van der Waals surface area contributed by atoms with Crippen molar-refractivity contribution in [1.29, 1.82) is 0 Å². The first-order valence-electron chi connectivity index (χ1n) is 7.64. The highest BCUT2D eigenvalue weighted by molar-refractivity contribution is 5.85. The van der Waals surface area contributed by atoms with Gasteiger partial charge in [-0.15, -0.1) is 12.4 Å². The summed E-state index contributed by atoms with van der Waals surface area (Å²) >= 11 is 0. The second-order valence-electron chi connectivity index (χ2n) is 5.98. The minimum Gasteiger partial charge on any atom is -0.461 e. The first-order valence-corrected chi connectivity index (χ1v) is 7.64. The van der Waals surface area contributed by atoms with Crippen molar-refractivity contribution < 1.29 is 9.21 Å². The number of amides is 1. The van der Waals surface area contributed by atoms with Gasteiger partial charge < -0.3 is 15.1 Å². The predicted molar refractivity (Wildman–Crippen MR) is 90.1 cm³/mol. The highest BCUT2D eigenvalue weighted by atomic mass is 35.5. The molecule has 1 fully saturated rings. The van der Waals surface area contributed by atoms with Crippen LogP contribution in [-0.2, 0) is 11.2 Å². The quantitative estimate of drug-likeness (QED) is 0.941. The largest absolute Gasteiger partial charge is 0.461 e. The number of nitrogens with zero attached hydrogens (tertiary/aromatic N) is 1. The molecule has 2 unspecified atom stereocenters. The van der Waals surface area contributed by atoms with Gasteiger partial charge in [-0.1, -0.05) is 18.2 Å². The van der Waals surface area contributed by atoms with E-state index in [1.165, 1.54) is 0 Å². The van der Waals surface area contributed by atoms with Crippen molar-refractivity contribution in [2.45, 2.75) is 32.2 Å². The van der Waals surface area contributed by atoms with E-state index in [0.29, 0.717) is 31.3 Å². The summed E-state index contributed by atoms with van der Waals surface area (Å²) in [6.07, 6.45) is 2.18. The molecule has 120 valence electrons. The van der Waals surface area contributed by atoms with Gasteiger partial charge in [-0.25, -0.2) is 0 Å². The van der Waals surface area contributed by atoms with Gasteiger partial charge in [0, 0.05) is 30.8 Å². The maximum atomic E-state index is 12.3. The smallest absolute Gasteiger partial charge is 0.223 e. The van der Waals surface area contributed by atoms with Gasteiger partial charge in [0.05, 0.1) is 0 Å². The molecule has 1 aliphatic rings. The molecule has 5 heteroatoms. The van der Waals surface area contributed by atoms with Gasteiger partial charge in [-0.2, -0.15) is 0 Å². The Balaban J connectivity index is 0.00000176. The standard InChI is InChI=1S/C17H22N2O2.ClH/c1-12-8-13(10-18)11-19(12)17(20)7-6-15-9-14-4-2-3-5-16(14)21-15;/h2-5,9,12-13H,6-8,10-11,18H2,1H3;1H. The van der Waals surface area contributed by atoms with Gasteiger partial charge in [-0.3, -0.25) is 4.79 Å². The van der Waals surface area contributed by atoms with Gasteiger partial charge >= 0.3 is 0 Å². The zero-order valence-electron chi connectivity index (χ0n) is 12.8. The van der Waals surface area contributed by atoms with Crippen LogP contribution in [0.4, 0.5) is 0 Å². The van der Waals surface area contributed by atoms with Crippen LogP contribution >= 0.6 is 12.4 Å². The summed E-state index contributed by atoms with van der Waals surface area (Å²) in [6.45, 7) is 3.57. The fourth-order valence-electron chi connectivity index (χ4n) is 3.19. The molecule has 2 N–H and O–H groups in total. The number of hydrogen-bond acceptors (Lipinski definition) is 3. The number of hydrogen-bond donors (Lipinski definition) is 1. The normalized spacial score (nSPS) is 21.1. The van der Waals surface area contributed by atoms with Crippen molar-refractivity contribution in [3.8, 4) is 0 Å². The summed E-state index contributed by atoms with van der Waals surface area (Å²) in [5.41, 5.74) is 6.60. The van der Waals surface area contributed by atoms with Crippen LogP contribution in [0.2, 0.25) is 0 Å². The highest BCUT2D eigenvalue weighted by Crippen LogP contribution is 2.24. The van der Waals surface area contributed by atoms with Crippen molar-refractivity contribution in [2.24, 2.45) is 11.7 Å². The molecule has 22 heavy (non-hydrogen) atoms. The van der Waals surface area contributed by atoms with Crippen LogP contribution in [0.25, 0.3) is 11.0 Å². The zero-order valence-corrected chi connectivity index (χ0v) is 13.6. The van der Waals surface area contributed by atoms with Crippen molar-refractivity contribution >= 4 is 29.3 Å². The number of fused-ring (bicyclic) bond motifs is 1. The number of halogens is 1. The molecule has 1 aliphatic heterocycles. The molecule has 2 atom stereocenters. The Bertz CT molecular complexity index is 607. The maximum Gasteiger partial charge on any atom is 0.223 e. The van der Waals surface area contributed by atoms with Crippen molar-refractivity contribution in [3.63, 3.8) is 0 Å². The van der Waals surface area contributed by atoms with Gasteiger partial charge in [0.2, 0.25) is 5.91 Å². The number of likely N-dealkylation sites (tertiary alicyclic amines) is 1. The summed E-state index contributed by atoms with van der Waals surface area (Å²) in [5, 5.41) is 1.10. The van der Waals surface area contributed by atoms with Crippen LogP contribution in [0.5, 0.6) is 0 Å². The Kier molecular flexibility index (Phi) is 5.48. The van der Waals surface area contributed by atoms with Gasteiger partial charge in [-0.05, 0) is 37.9 Å². The van der Waals surface area contributed by atoms with E-state index in [2.05, 4.69) is 6.92 Å². The van der Waals surface area contributed by atoms with E-state index < -0.39 is 0 Å². The van der Waals surface area contributed by atoms with E-state index in [1.807, 2.05) is 35.2 Å². The minimum atomic E-state index is 0. The topological polar surface area (TPSA) is 59.5 Å². The Morgan fingerprint density at radius 3 is 2.86 bits per heavy atom. The van der Waals surface area contributed by atoms with Crippen LogP contribution in [0.3, 0.4) is 0 Å². The third-order valence-electron chi connectivity index (χ3n) is 4.38. The third kappa shape index (κ3) is 3.45. The number of para-hydroxylation sites is 1. The molecule has 3 rings (SSSR count). The summed E-state index contributed by atoms with van der Waals surface area (Å²) in [5.74, 6) is 1.54. The molecule has 1 saturated heterocycles. The number of aryl methyl sites for hydroxylation is 1. The lowest BCUT2D eigenvalue weighted by atomic mass is 10.1. The number of furan rings is 1. The lowest BCUT2D eigenvalue weighted by molar-refractivity contribution is -0.131. The number of benzene rings is 1. The van der Waals surface area contributed by atoms with E-state index in [4.69, 9.17) is 10.2 Å². The van der Waals surface area contributed by atoms with E-state index in [0.717, 1.165) is 29.7 Å². The first kappa shape index (κ1) is 16.8. The highest BCUT2D eigenvalue weighted by Gasteiger charge is 2.31. The third-order valence-corrected chi connectivity index (χ3v) is 4.38. The Morgan fingerprint density at radius 2 is 2.18 bits per heavy atom. The van der Waals surface area contributed by atoms with E-state index in [9.17, 15) is 4.79 Å². The first-order chi connectivity index (χ1) is 10.2. The fraction of sp³-hybridized carbons (Fsp3) is 0.471. The van der Waals surface area contributed by atoms with Gasteiger partial charge in [0.1, 0.15) is 11.3 Å². The monoisotopic (exact) mass is 322 g/mol. The van der Waals surface area contributed by atoms with E-state index in [1.54, 1.807) is 0 Å². The van der Waals surface area contributed by atoms with Crippen molar-refractivity contribution in [3.05, 3.63) is 36.1 Å². The SMILES string of the molecule is CC1CC(CN)CN1C(=O)CCc1cc2ccccc2o1.Cl. The summed E-state index contributed by atoms with van der Waals surface area (Å²) in [6, 6.07) is 10.3.